The number of hydrogen-bond donors (Lipinski definition) is 0. The summed E-state index contributed by atoms with van der Waals surface area (Å²) in [4.78, 5) is 5.10. The van der Waals surface area contributed by atoms with Gasteiger partial charge in [-0.15, -0.1) is 0 Å². The Labute approximate surface area is 81.3 Å². The summed E-state index contributed by atoms with van der Waals surface area (Å²) in [6, 6.07) is 0. The van der Waals surface area contributed by atoms with E-state index in [9.17, 15) is 0 Å². The third kappa shape index (κ3) is 4.91. The molecule has 1 saturated carbocycles. The van der Waals surface area contributed by atoms with E-state index in [0.717, 1.165) is 13.0 Å². The lowest BCUT2D eigenvalue weighted by atomic mass is 9.87. The van der Waals surface area contributed by atoms with E-state index in [0.29, 0.717) is 5.92 Å². The summed E-state index contributed by atoms with van der Waals surface area (Å²) in [7, 11) is 0. The highest BCUT2D eigenvalue weighted by atomic mass is 16.6. The van der Waals surface area contributed by atoms with Crippen molar-refractivity contribution in [2.45, 2.75) is 51.9 Å². The van der Waals surface area contributed by atoms with Gasteiger partial charge in [-0.3, -0.25) is 0 Å². The summed E-state index contributed by atoms with van der Waals surface area (Å²) in [5, 5.41) is 3.84. The van der Waals surface area contributed by atoms with Gasteiger partial charge < -0.3 is 4.84 Å². The van der Waals surface area contributed by atoms with Gasteiger partial charge in [0, 0.05) is 5.92 Å². The van der Waals surface area contributed by atoms with Crippen LogP contribution in [-0.2, 0) is 4.84 Å². The molecule has 0 aromatic carbocycles. The molecule has 1 aliphatic rings. The molecule has 0 amide bonds. The van der Waals surface area contributed by atoms with Crippen LogP contribution in [0.1, 0.15) is 51.9 Å². The van der Waals surface area contributed by atoms with E-state index in [1.165, 1.54) is 38.5 Å². The van der Waals surface area contributed by atoms with Crippen molar-refractivity contribution in [1.29, 1.82) is 0 Å². The fraction of sp³-hybridized carbons (Fsp3) is 0.909. The fourth-order valence-electron chi connectivity index (χ4n) is 1.29. The first-order chi connectivity index (χ1) is 6.43. The van der Waals surface area contributed by atoms with Crippen LogP contribution in [-0.4, -0.2) is 12.8 Å². The van der Waals surface area contributed by atoms with Gasteiger partial charge in [0.2, 0.25) is 0 Å². The molecule has 0 N–H and O–H groups in total. The smallest absolute Gasteiger partial charge is 0.117 e. The molecule has 13 heavy (non-hydrogen) atoms. The Morgan fingerprint density at radius 1 is 1.31 bits per heavy atom. The highest BCUT2D eigenvalue weighted by Crippen LogP contribution is 2.23. The molecule has 0 aliphatic heterocycles. The Bertz CT molecular complexity index is 141. The predicted octanol–water partition coefficient (Wildman–Crippen LogP) is 3.25. The Hall–Kier alpha value is -0.530. The largest absolute Gasteiger partial charge is 0.396 e. The second-order valence-corrected chi connectivity index (χ2v) is 3.74. The highest BCUT2D eigenvalue weighted by molar-refractivity contribution is 5.60. The first-order valence-electron chi connectivity index (χ1n) is 5.51. The van der Waals surface area contributed by atoms with Crippen molar-refractivity contribution >= 4 is 6.21 Å². The molecule has 0 heterocycles. The predicted molar refractivity (Wildman–Crippen MR) is 54.9 cm³/mol. The van der Waals surface area contributed by atoms with Gasteiger partial charge in [0.25, 0.3) is 0 Å². The maximum absolute atomic E-state index is 5.10. The molecule has 1 aliphatic carbocycles. The molecule has 2 nitrogen and oxygen atoms in total. The van der Waals surface area contributed by atoms with Crippen LogP contribution in [0.15, 0.2) is 5.16 Å². The maximum atomic E-state index is 5.10. The topological polar surface area (TPSA) is 21.6 Å². The van der Waals surface area contributed by atoms with Crippen molar-refractivity contribution in [1.82, 2.24) is 0 Å². The first kappa shape index (κ1) is 10.6. The zero-order valence-corrected chi connectivity index (χ0v) is 8.59. The SMILES string of the molecule is CCCCCCO/N=[C]/C1CCC1. The van der Waals surface area contributed by atoms with Gasteiger partial charge >= 0.3 is 0 Å². The van der Waals surface area contributed by atoms with Crippen LogP contribution in [0, 0.1) is 5.92 Å². The van der Waals surface area contributed by atoms with Crippen LogP contribution < -0.4 is 0 Å². The molecule has 0 saturated heterocycles. The van der Waals surface area contributed by atoms with E-state index in [2.05, 4.69) is 18.3 Å². The molecule has 0 aromatic heterocycles. The van der Waals surface area contributed by atoms with E-state index in [1.54, 1.807) is 0 Å². The zero-order chi connectivity index (χ0) is 9.36. The minimum absolute atomic E-state index is 0.593. The van der Waals surface area contributed by atoms with Gasteiger partial charge in [0.1, 0.15) is 12.8 Å². The summed E-state index contributed by atoms with van der Waals surface area (Å²) >= 11 is 0. The Morgan fingerprint density at radius 2 is 2.15 bits per heavy atom. The summed E-state index contributed by atoms with van der Waals surface area (Å²) in [5.41, 5.74) is 0. The van der Waals surface area contributed by atoms with Gasteiger partial charge in [-0.1, -0.05) is 31.3 Å². The highest BCUT2D eigenvalue weighted by Gasteiger charge is 2.15. The Morgan fingerprint density at radius 3 is 2.77 bits per heavy atom. The number of hydrogen-bond acceptors (Lipinski definition) is 2. The molecular formula is C11H20NO. The average molecular weight is 182 g/mol. The zero-order valence-electron chi connectivity index (χ0n) is 8.59. The molecule has 0 atom stereocenters. The molecule has 1 rings (SSSR count). The Kier molecular flexibility index (Phi) is 5.62. The van der Waals surface area contributed by atoms with Crippen molar-refractivity contribution < 1.29 is 4.84 Å². The molecule has 0 unspecified atom stereocenters. The number of rotatable bonds is 7. The lowest BCUT2D eigenvalue weighted by Crippen LogP contribution is -2.12. The van der Waals surface area contributed by atoms with Gasteiger partial charge in [-0.05, 0) is 25.7 Å². The molecule has 1 radical (unpaired) electrons. The third-order valence-corrected chi connectivity index (χ3v) is 2.49. The van der Waals surface area contributed by atoms with Crippen LogP contribution in [0.5, 0.6) is 0 Å². The van der Waals surface area contributed by atoms with Gasteiger partial charge in [0.05, 0.1) is 0 Å². The normalized spacial score (nSPS) is 17.6. The van der Waals surface area contributed by atoms with Crippen molar-refractivity contribution in [3.05, 3.63) is 0 Å². The standard InChI is InChI=1S/C11H20NO/c1-2-3-4-5-9-13-12-10-11-7-6-8-11/h11H,2-9H2,1H3. The van der Waals surface area contributed by atoms with Crippen LogP contribution >= 0.6 is 0 Å². The summed E-state index contributed by atoms with van der Waals surface area (Å²) < 4.78 is 0. The Balaban J connectivity index is 1.80. The third-order valence-electron chi connectivity index (χ3n) is 2.49. The monoisotopic (exact) mass is 182 g/mol. The second-order valence-electron chi connectivity index (χ2n) is 3.74. The summed E-state index contributed by atoms with van der Waals surface area (Å²) in [6.45, 7) is 2.98. The first-order valence-corrected chi connectivity index (χ1v) is 5.51. The van der Waals surface area contributed by atoms with Crippen molar-refractivity contribution in [2.75, 3.05) is 6.61 Å². The van der Waals surface area contributed by atoms with Crippen molar-refractivity contribution in [2.24, 2.45) is 11.1 Å². The fourth-order valence-corrected chi connectivity index (χ4v) is 1.29. The molecule has 0 bridgehead atoms. The summed E-state index contributed by atoms with van der Waals surface area (Å²) in [5.74, 6) is 0.593. The molecular weight excluding hydrogens is 162 g/mol. The van der Waals surface area contributed by atoms with Gasteiger partial charge in [-0.25, -0.2) is 0 Å². The van der Waals surface area contributed by atoms with Crippen LogP contribution in [0.2, 0.25) is 0 Å². The lowest BCUT2D eigenvalue weighted by Gasteiger charge is -2.18. The molecule has 0 spiro atoms. The van der Waals surface area contributed by atoms with E-state index in [-0.39, 0.29) is 0 Å². The van der Waals surface area contributed by atoms with Crippen LogP contribution in [0.4, 0.5) is 0 Å². The molecule has 2 heteroatoms. The second kappa shape index (κ2) is 6.93. The average Bonchev–Trinajstić information content (AvgIpc) is 2.07. The maximum Gasteiger partial charge on any atom is 0.117 e. The lowest BCUT2D eigenvalue weighted by molar-refractivity contribution is 0.138. The van der Waals surface area contributed by atoms with Crippen LogP contribution in [0.3, 0.4) is 0 Å². The number of unbranched alkanes of at least 4 members (excludes halogenated alkanes) is 3. The van der Waals surface area contributed by atoms with E-state index in [4.69, 9.17) is 4.84 Å². The minimum Gasteiger partial charge on any atom is -0.396 e. The van der Waals surface area contributed by atoms with Crippen LogP contribution in [0.25, 0.3) is 0 Å². The molecule has 1 fully saturated rings. The van der Waals surface area contributed by atoms with E-state index in [1.807, 2.05) is 0 Å². The van der Waals surface area contributed by atoms with Crippen molar-refractivity contribution in [3.8, 4) is 0 Å². The van der Waals surface area contributed by atoms with Gasteiger partial charge in [0.15, 0.2) is 0 Å². The molecule has 0 aromatic rings. The molecule has 75 valence electrons. The number of nitrogens with zero attached hydrogens (tertiary/aromatic N) is 1. The van der Waals surface area contributed by atoms with Crippen molar-refractivity contribution in [3.63, 3.8) is 0 Å². The quantitative estimate of drug-likeness (QED) is 0.336. The summed E-state index contributed by atoms with van der Waals surface area (Å²) in [6.07, 6.45) is 11.8. The van der Waals surface area contributed by atoms with Gasteiger partial charge in [-0.2, -0.15) is 0 Å². The van der Waals surface area contributed by atoms with E-state index >= 15 is 0 Å². The van der Waals surface area contributed by atoms with E-state index < -0.39 is 0 Å². The minimum atomic E-state index is 0.593.